The minimum absolute atomic E-state index is 0.0317. The van der Waals surface area contributed by atoms with Crippen molar-refractivity contribution in [2.75, 3.05) is 10.8 Å². The van der Waals surface area contributed by atoms with Gasteiger partial charge in [-0.2, -0.15) is 0 Å². The van der Waals surface area contributed by atoms with Crippen LogP contribution in [0.5, 0.6) is 0 Å². The number of sulfonamides is 1. The summed E-state index contributed by atoms with van der Waals surface area (Å²) in [5.41, 5.74) is 1.82. The van der Waals surface area contributed by atoms with Crippen molar-refractivity contribution in [1.29, 1.82) is 0 Å². The molecule has 2 atom stereocenters. The third-order valence-electron chi connectivity index (χ3n) is 6.69. The fourth-order valence-corrected chi connectivity index (χ4v) is 5.88. The van der Waals surface area contributed by atoms with Gasteiger partial charge in [-0.05, 0) is 74.7 Å². The predicted molar refractivity (Wildman–Crippen MR) is 161 cm³/mol. The maximum absolute atomic E-state index is 14.1. The van der Waals surface area contributed by atoms with E-state index in [-0.39, 0.29) is 29.1 Å². The largest absolute Gasteiger partial charge is 0.352 e. The standard InChI is InChI=1S/C30H35Cl2N3O4S/c1-5-22(4)33-30(37)28(6-2)34(19-23-9-7-8-10-27(23)32)29(36)20-35(25-15-13-24(31)14-16-25)40(38,39)26-17-11-21(3)12-18-26/h7-18,22,28H,5-6,19-20H2,1-4H3,(H,33,37)/t22-,28+/m0/s1. The molecule has 3 rings (SSSR count). The summed E-state index contributed by atoms with van der Waals surface area (Å²) in [4.78, 5) is 28.8. The molecular formula is C30H35Cl2N3O4S. The van der Waals surface area contributed by atoms with Crippen molar-refractivity contribution in [3.05, 3.63) is 94.0 Å². The van der Waals surface area contributed by atoms with E-state index in [1.807, 2.05) is 27.7 Å². The number of aryl methyl sites for hydroxylation is 1. The van der Waals surface area contributed by atoms with Crippen LogP contribution in [0.3, 0.4) is 0 Å². The molecule has 0 saturated heterocycles. The van der Waals surface area contributed by atoms with E-state index >= 15 is 0 Å². The van der Waals surface area contributed by atoms with E-state index in [1.54, 1.807) is 60.7 Å². The molecule has 0 heterocycles. The van der Waals surface area contributed by atoms with Crippen LogP contribution < -0.4 is 9.62 Å². The molecule has 10 heteroatoms. The first-order chi connectivity index (χ1) is 19.0. The Balaban J connectivity index is 2.06. The zero-order valence-corrected chi connectivity index (χ0v) is 25.4. The van der Waals surface area contributed by atoms with Crippen molar-refractivity contribution in [3.63, 3.8) is 0 Å². The van der Waals surface area contributed by atoms with Crippen LogP contribution in [-0.4, -0.2) is 43.8 Å². The number of hydrogen-bond acceptors (Lipinski definition) is 4. The van der Waals surface area contributed by atoms with E-state index < -0.39 is 28.5 Å². The number of nitrogens with one attached hydrogen (secondary N) is 1. The number of carbonyl (C=O) groups is 2. The molecule has 3 aromatic carbocycles. The lowest BCUT2D eigenvalue weighted by molar-refractivity contribution is -0.140. The number of benzene rings is 3. The SMILES string of the molecule is CC[C@H](C(=O)N[C@@H](C)CC)N(Cc1ccccc1Cl)C(=O)CN(c1ccc(Cl)cc1)S(=O)(=O)c1ccc(C)cc1. The van der Waals surface area contributed by atoms with E-state index in [2.05, 4.69) is 5.32 Å². The first-order valence-electron chi connectivity index (χ1n) is 13.2. The van der Waals surface area contributed by atoms with E-state index in [4.69, 9.17) is 23.2 Å². The Bertz CT molecular complexity index is 1410. The molecule has 7 nitrogen and oxygen atoms in total. The minimum atomic E-state index is -4.15. The number of hydrogen-bond donors (Lipinski definition) is 1. The average molecular weight is 605 g/mol. The molecule has 214 valence electrons. The molecule has 0 aromatic heterocycles. The van der Waals surface area contributed by atoms with Crippen LogP contribution in [0.4, 0.5) is 5.69 Å². The lowest BCUT2D eigenvalue weighted by Gasteiger charge is -2.34. The summed E-state index contributed by atoms with van der Waals surface area (Å²) in [6.45, 7) is 7.02. The summed E-state index contributed by atoms with van der Waals surface area (Å²) in [5.74, 6) is -0.853. The monoisotopic (exact) mass is 603 g/mol. The highest BCUT2D eigenvalue weighted by Gasteiger charge is 2.34. The number of rotatable bonds is 12. The van der Waals surface area contributed by atoms with Gasteiger partial charge in [0.2, 0.25) is 11.8 Å². The van der Waals surface area contributed by atoms with E-state index in [1.165, 1.54) is 17.0 Å². The molecule has 0 fully saturated rings. The summed E-state index contributed by atoms with van der Waals surface area (Å²) in [5, 5.41) is 3.83. The molecule has 0 bridgehead atoms. The lowest BCUT2D eigenvalue weighted by Crippen LogP contribution is -2.53. The second-order valence-corrected chi connectivity index (χ2v) is 12.4. The number of amides is 2. The second kappa shape index (κ2) is 14.0. The van der Waals surface area contributed by atoms with Crippen LogP contribution in [-0.2, 0) is 26.2 Å². The van der Waals surface area contributed by atoms with E-state index in [9.17, 15) is 18.0 Å². The average Bonchev–Trinajstić information content (AvgIpc) is 2.93. The Hall–Kier alpha value is -3.07. The first-order valence-corrected chi connectivity index (χ1v) is 15.4. The summed E-state index contributed by atoms with van der Waals surface area (Å²) in [6, 6.07) is 18.8. The fourth-order valence-electron chi connectivity index (χ4n) is 4.14. The lowest BCUT2D eigenvalue weighted by atomic mass is 10.1. The van der Waals surface area contributed by atoms with Crippen LogP contribution in [0, 0.1) is 6.92 Å². The van der Waals surface area contributed by atoms with Gasteiger partial charge >= 0.3 is 0 Å². The Morgan fingerprint density at radius 1 is 0.900 bits per heavy atom. The molecule has 0 spiro atoms. The van der Waals surface area contributed by atoms with Gasteiger partial charge in [-0.15, -0.1) is 0 Å². The maximum atomic E-state index is 14.1. The molecule has 0 aliphatic heterocycles. The van der Waals surface area contributed by atoms with E-state index in [0.29, 0.717) is 22.0 Å². The Labute approximate surface area is 247 Å². The smallest absolute Gasteiger partial charge is 0.264 e. The topological polar surface area (TPSA) is 86.8 Å². The van der Waals surface area contributed by atoms with Gasteiger partial charge in [0.05, 0.1) is 10.6 Å². The highest BCUT2D eigenvalue weighted by molar-refractivity contribution is 7.92. The molecule has 0 unspecified atom stereocenters. The van der Waals surface area contributed by atoms with Crippen LogP contribution >= 0.6 is 23.2 Å². The van der Waals surface area contributed by atoms with Gasteiger partial charge < -0.3 is 10.2 Å². The van der Waals surface area contributed by atoms with Crippen LogP contribution in [0.2, 0.25) is 10.0 Å². The van der Waals surface area contributed by atoms with Gasteiger partial charge in [-0.25, -0.2) is 8.42 Å². The van der Waals surface area contributed by atoms with Gasteiger partial charge in [-0.1, -0.05) is 72.9 Å². The molecule has 0 aliphatic carbocycles. The third-order valence-corrected chi connectivity index (χ3v) is 9.10. The molecule has 0 saturated carbocycles. The van der Waals surface area contributed by atoms with Crippen molar-refractivity contribution in [2.45, 2.75) is 64.1 Å². The molecule has 3 aromatic rings. The molecule has 0 radical (unpaired) electrons. The molecular weight excluding hydrogens is 569 g/mol. The van der Waals surface area contributed by atoms with Crippen LogP contribution in [0.15, 0.2) is 77.7 Å². The Morgan fingerprint density at radius 2 is 1.52 bits per heavy atom. The zero-order chi connectivity index (χ0) is 29.4. The normalized spacial score (nSPS) is 12.8. The quantitative estimate of drug-likeness (QED) is 0.266. The molecule has 40 heavy (non-hydrogen) atoms. The van der Waals surface area contributed by atoms with Crippen molar-refractivity contribution in [1.82, 2.24) is 10.2 Å². The Kier molecular flexibility index (Phi) is 11.0. The van der Waals surface area contributed by atoms with Gasteiger partial charge in [0, 0.05) is 22.6 Å². The summed E-state index contributed by atoms with van der Waals surface area (Å²) >= 11 is 12.5. The Morgan fingerprint density at radius 3 is 2.10 bits per heavy atom. The number of carbonyl (C=O) groups excluding carboxylic acids is 2. The van der Waals surface area contributed by atoms with Crippen molar-refractivity contribution < 1.29 is 18.0 Å². The maximum Gasteiger partial charge on any atom is 0.264 e. The fraction of sp³-hybridized carbons (Fsp3) is 0.333. The first kappa shape index (κ1) is 31.5. The van der Waals surface area contributed by atoms with Crippen molar-refractivity contribution in [2.24, 2.45) is 0 Å². The van der Waals surface area contributed by atoms with Crippen LogP contribution in [0.25, 0.3) is 0 Å². The number of halogens is 2. The second-order valence-electron chi connectivity index (χ2n) is 9.66. The van der Waals surface area contributed by atoms with Gasteiger partial charge in [0.15, 0.2) is 0 Å². The van der Waals surface area contributed by atoms with E-state index in [0.717, 1.165) is 16.3 Å². The number of nitrogens with zero attached hydrogens (tertiary/aromatic N) is 2. The van der Waals surface area contributed by atoms with Gasteiger partial charge in [0.25, 0.3) is 10.0 Å². The molecule has 1 N–H and O–H groups in total. The number of anilines is 1. The van der Waals surface area contributed by atoms with Crippen molar-refractivity contribution >= 4 is 50.7 Å². The summed E-state index contributed by atoms with van der Waals surface area (Å²) in [7, 11) is -4.15. The highest BCUT2D eigenvalue weighted by Crippen LogP contribution is 2.27. The molecule has 2 amide bonds. The van der Waals surface area contributed by atoms with Crippen LogP contribution in [0.1, 0.15) is 44.7 Å². The summed E-state index contributed by atoms with van der Waals surface area (Å²) in [6.07, 6.45) is 1.05. The molecule has 0 aliphatic rings. The highest BCUT2D eigenvalue weighted by atomic mass is 35.5. The zero-order valence-electron chi connectivity index (χ0n) is 23.1. The summed E-state index contributed by atoms with van der Waals surface area (Å²) < 4.78 is 28.8. The van der Waals surface area contributed by atoms with Gasteiger partial charge in [-0.3, -0.25) is 13.9 Å². The third kappa shape index (κ3) is 7.77. The van der Waals surface area contributed by atoms with Crippen molar-refractivity contribution in [3.8, 4) is 0 Å². The minimum Gasteiger partial charge on any atom is -0.352 e. The predicted octanol–water partition coefficient (Wildman–Crippen LogP) is 6.22. The van der Waals surface area contributed by atoms with Gasteiger partial charge in [0.1, 0.15) is 12.6 Å².